The number of carbonyl (C=O) groups excluding carboxylic acids is 1. The summed E-state index contributed by atoms with van der Waals surface area (Å²) < 4.78 is 5.25. The number of nitrogens with one attached hydrogen (secondary N) is 2. The van der Waals surface area contributed by atoms with Crippen LogP contribution in [0.1, 0.15) is 30.7 Å². The van der Waals surface area contributed by atoms with Crippen molar-refractivity contribution in [3.63, 3.8) is 0 Å². The normalized spacial score (nSPS) is 14.5. The second-order valence-electron chi connectivity index (χ2n) is 9.14. The van der Waals surface area contributed by atoms with E-state index in [4.69, 9.17) is 9.84 Å². The minimum atomic E-state index is -0.331. The van der Waals surface area contributed by atoms with Crippen LogP contribution < -0.4 is 20.3 Å². The number of hydrogen-bond acceptors (Lipinski definition) is 9. The van der Waals surface area contributed by atoms with E-state index in [1.807, 2.05) is 29.6 Å². The van der Waals surface area contributed by atoms with E-state index in [1.165, 1.54) is 11.3 Å². The van der Waals surface area contributed by atoms with Gasteiger partial charge in [-0.05, 0) is 17.7 Å². The number of amides is 2. The molecule has 10 nitrogen and oxygen atoms in total. The smallest absolute Gasteiger partial charge is 0.321 e. The average molecular weight is 512 g/mol. The van der Waals surface area contributed by atoms with Gasteiger partial charge < -0.3 is 20.1 Å². The van der Waals surface area contributed by atoms with E-state index in [0.717, 1.165) is 48.7 Å². The fraction of sp³-hybridized carbons (Fsp3) is 0.440. The molecule has 2 aromatic heterocycles. The van der Waals surface area contributed by atoms with Crippen LogP contribution in [-0.4, -0.2) is 77.4 Å². The van der Waals surface area contributed by atoms with Crippen LogP contribution in [0, 0.1) is 0 Å². The van der Waals surface area contributed by atoms with E-state index in [9.17, 15) is 4.79 Å². The Morgan fingerprint density at radius 2 is 1.83 bits per heavy atom. The van der Waals surface area contributed by atoms with Gasteiger partial charge in [-0.25, -0.2) is 19.7 Å². The monoisotopic (exact) mass is 511 g/mol. The summed E-state index contributed by atoms with van der Waals surface area (Å²) in [4.78, 5) is 30.4. The Balaban J connectivity index is 1.27. The number of hydrogen-bond donors (Lipinski definition) is 3. The summed E-state index contributed by atoms with van der Waals surface area (Å²) in [5.74, 6) is 1.49. The Morgan fingerprint density at radius 3 is 2.47 bits per heavy atom. The predicted molar refractivity (Wildman–Crippen MR) is 141 cm³/mol. The summed E-state index contributed by atoms with van der Waals surface area (Å²) in [7, 11) is 1.65. The molecule has 1 aliphatic rings. The number of methoxy groups -OCH3 is 1. The standard InChI is InChI=1S/C25H33N7O3S/c1-25(2,19-4-6-20(35-3)7-5-19)21-17-36-24(29-21)30-23(34)28-16-18-14-26-22(27-15-18)32-10-8-31(9-11-32)12-13-33/h4-7,14-15,17,33H,8-13,16H2,1-3H3,(H2,28,29,30,34). The summed E-state index contributed by atoms with van der Waals surface area (Å²) in [6.07, 6.45) is 3.48. The molecule has 4 rings (SSSR count). The Bertz CT molecular complexity index is 1130. The maximum absolute atomic E-state index is 12.4. The molecule has 3 N–H and O–H groups in total. The molecule has 0 spiro atoms. The summed E-state index contributed by atoms with van der Waals surface area (Å²) in [5.41, 5.74) is 2.49. The predicted octanol–water partition coefficient (Wildman–Crippen LogP) is 2.70. The molecule has 0 radical (unpaired) electrons. The highest BCUT2D eigenvalue weighted by molar-refractivity contribution is 7.13. The summed E-state index contributed by atoms with van der Waals surface area (Å²) in [5, 5.41) is 17.2. The molecule has 2 amide bonds. The first-order chi connectivity index (χ1) is 17.4. The van der Waals surface area contributed by atoms with Gasteiger partial charge in [0, 0.05) is 68.0 Å². The number of thiazole rings is 1. The molecule has 1 fully saturated rings. The number of aliphatic hydroxyl groups excluding tert-OH is 1. The van der Waals surface area contributed by atoms with E-state index in [2.05, 4.69) is 49.2 Å². The zero-order valence-corrected chi connectivity index (χ0v) is 21.7. The summed E-state index contributed by atoms with van der Waals surface area (Å²) >= 11 is 1.39. The SMILES string of the molecule is COc1ccc(C(C)(C)c2csc(NC(=O)NCc3cnc(N4CCN(CCO)CC4)nc3)n2)cc1. The van der Waals surface area contributed by atoms with Crippen LogP contribution in [0.4, 0.5) is 15.9 Å². The van der Waals surface area contributed by atoms with Crippen molar-refractivity contribution in [1.82, 2.24) is 25.2 Å². The molecule has 0 aliphatic carbocycles. The number of aliphatic hydroxyl groups is 1. The lowest BCUT2D eigenvalue weighted by atomic mass is 9.82. The minimum Gasteiger partial charge on any atom is -0.497 e. The van der Waals surface area contributed by atoms with Gasteiger partial charge in [-0.15, -0.1) is 11.3 Å². The number of rotatable bonds is 9. The van der Waals surface area contributed by atoms with Crippen molar-refractivity contribution >= 4 is 28.4 Å². The van der Waals surface area contributed by atoms with E-state index in [-0.39, 0.29) is 18.1 Å². The van der Waals surface area contributed by atoms with Crippen LogP contribution in [0.25, 0.3) is 0 Å². The zero-order valence-electron chi connectivity index (χ0n) is 20.9. The maximum Gasteiger partial charge on any atom is 0.321 e. The second-order valence-corrected chi connectivity index (χ2v) is 10.0. The molecule has 3 heterocycles. The molecule has 0 saturated carbocycles. The summed E-state index contributed by atoms with van der Waals surface area (Å²) in [6.45, 7) is 8.80. The first-order valence-corrected chi connectivity index (χ1v) is 12.8. The van der Waals surface area contributed by atoms with Crippen molar-refractivity contribution in [2.24, 2.45) is 0 Å². The van der Waals surface area contributed by atoms with Crippen molar-refractivity contribution in [2.45, 2.75) is 25.8 Å². The number of aromatic nitrogens is 3. The summed E-state index contributed by atoms with van der Waals surface area (Å²) in [6, 6.07) is 7.60. The van der Waals surface area contributed by atoms with Gasteiger partial charge in [0.2, 0.25) is 5.95 Å². The highest BCUT2D eigenvalue weighted by Crippen LogP contribution is 2.34. The molecule has 0 atom stereocenters. The van der Waals surface area contributed by atoms with E-state index < -0.39 is 0 Å². The van der Waals surface area contributed by atoms with Gasteiger partial charge in [0.05, 0.1) is 19.4 Å². The molecule has 1 saturated heterocycles. The van der Waals surface area contributed by atoms with Crippen LogP contribution in [-0.2, 0) is 12.0 Å². The number of ether oxygens (including phenoxy) is 1. The number of benzene rings is 1. The first-order valence-electron chi connectivity index (χ1n) is 11.9. The lowest BCUT2D eigenvalue weighted by Gasteiger charge is -2.34. The molecule has 0 unspecified atom stereocenters. The lowest BCUT2D eigenvalue weighted by molar-refractivity contribution is 0.188. The van der Waals surface area contributed by atoms with Gasteiger partial charge in [0.15, 0.2) is 5.13 Å². The maximum atomic E-state index is 12.4. The lowest BCUT2D eigenvalue weighted by Crippen LogP contribution is -2.47. The third-order valence-electron chi connectivity index (χ3n) is 6.39. The molecule has 192 valence electrons. The number of urea groups is 1. The van der Waals surface area contributed by atoms with Gasteiger partial charge in [-0.2, -0.15) is 0 Å². The molecule has 36 heavy (non-hydrogen) atoms. The number of piperazine rings is 1. The fourth-order valence-corrected chi connectivity index (χ4v) is 4.89. The van der Waals surface area contributed by atoms with Crippen LogP contribution in [0.15, 0.2) is 42.0 Å². The first kappa shape index (κ1) is 25.8. The van der Waals surface area contributed by atoms with Gasteiger partial charge in [0.1, 0.15) is 5.75 Å². The number of anilines is 2. The fourth-order valence-electron chi connectivity index (χ4n) is 4.01. The molecule has 1 aliphatic heterocycles. The number of nitrogens with zero attached hydrogens (tertiary/aromatic N) is 5. The van der Waals surface area contributed by atoms with Crippen LogP contribution in [0.5, 0.6) is 5.75 Å². The number of β-amino-alcohol motifs (C(OH)–C–C–N with tert-alkyl or cyclic N) is 1. The van der Waals surface area contributed by atoms with Gasteiger partial charge >= 0.3 is 6.03 Å². The molecular weight excluding hydrogens is 478 g/mol. The molecule has 0 bridgehead atoms. The second kappa shape index (κ2) is 11.6. The van der Waals surface area contributed by atoms with Crippen LogP contribution >= 0.6 is 11.3 Å². The zero-order chi connectivity index (χ0) is 25.5. The van der Waals surface area contributed by atoms with Crippen molar-refractivity contribution in [3.05, 3.63) is 58.9 Å². The Hall–Kier alpha value is -3.28. The van der Waals surface area contributed by atoms with E-state index in [1.54, 1.807) is 19.5 Å². The van der Waals surface area contributed by atoms with E-state index >= 15 is 0 Å². The minimum absolute atomic E-state index is 0.178. The largest absolute Gasteiger partial charge is 0.497 e. The van der Waals surface area contributed by atoms with Gasteiger partial charge in [-0.3, -0.25) is 10.2 Å². The van der Waals surface area contributed by atoms with Crippen LogP contribution in [0.3, 0.4) is 0 Å². The highest BCUT2D eigenvalue weighted by atomic mass is 32.1. The van der Waals surface area contributed by atoms with Gasteiger partial charge in [-0.1, -0.05) is 26.0 Å². The number of carbonyl (C=O) groups is 1. The van der Waals surface area contributed by atoms with Crippen LogP contribution in [0.2, 0.25) is 0 Å². The highest BCUT2D eigenvalue weighted by Gasteiger charge is 2.26. The topological polar surface area (TPSA) is 116 Å². The third kappa shape index (κ3) is 6.28. The molecule has 11 heteroatoms. The quantitative estimate of drug-likeness (QED) is 0.402. The Kier molecular flexibility index (Phi) is 8.34. The molecule has 1 aromatic carbocycles. The average Bonchev–Trinajstić information content (AvgIpc) is 3.38. The van der Waals surface area contributed by atoms with Crippen molar-refractivity contribution in [3.8, 4) is 5.75 Å². The van der Waals surface area contributed by atoms with E-state index in [0.29, 0.717) is 24.2 Å². The Morgan fingerprint density at radius 1 is 1.14 bits per heavy atom. The third-order valence-corrected chi connectivity index (χ3v) is 7.15. The molecular formula is C25H33N7O3S. The Labute approximate surface area is 215 Å². The van der Waals surface area contributed by atoms with Crippen molar-refractivity contribution in [1.29, 1.82) is 0 Å². The van der Waals surface area contributed by atoms with Crippen molar-refractivity contribution < 1.29 is 14.6 Å². The van der Waals surface area contributed by atoms with Gasteiger partial charge in [0.25, 0.3) is 0 Å². The van der Waals surface area contributed by atoms with Crippen molar-refractivity contribution in [2.75, 3.05) is 56.7 Å². The molecule has 3 aromatic rings.